The number of fused-ring (bicyclic) bond motifs is 1. The Bertz CT molecular complexity index is 676. The minimum absolute atomic E-state index is 0.0707. The third-order valence-corrected chi connectivity index (χ3v) is 3.73. The summed E-state index contributed by atoms with van der Waals surface area (Å²) in [6.45, 7) is 3.45. The van der Waals surface area contributed by atoms with Crippen molar-refractivity contribution in [3.8, 4) is 0 Å². The van der Waals surface area contributed by atoms with Crippen LogP contribution in [0, 0.1) is 0 Å². The molecule has 2 aromatic rings. The summed E-state index contributed by atoms with van der Waals surface area (Å²) < 4.78 is 1.88. The molecule has 0 aliphatic heterocycles. The van der Waals surface area contributed by atoms with E-state index in [4.69, 9.17) is 0 Å². The van der Waals surface area contributed by atoms with Crippen molar-refractivity contribution in [3.63, 3.8) is 0 Å². The van der Waals surface area contributed by atoms with Gasteiger partial charge in [0.2, 0.25) is 0 Å². The molecule has 0 amide bonds. The lowest BCUT2D eigenvalue weighted by atomic mass is 10.2. The van der Waals surface area contributed by atoms with E-state index in [2.05, 4.69) is 10.3 Å². The Hall–Kier alpha value is -2.10. The van der Waals surface area contributed by atoms with Crippen LogP contribution < -0.4 is 10.9 Å². The highest BCUT2D eigenvalue weighted by molar-refractivity contribution is 5.35. The molecule has 0 saturated carbocycles. The van der Waals surface area contributed by atoms with Crippen LogP contribution in [0.4, 0.5) is 5.82 Å². The van der Waals surface area contributed by atoms with Gasteiger partial charge >= 0.3 is 0 Å². The van der Waals surface area contributed by atoms with Gasteiger partial charge in [-0.15, -0.1) is 0 Å². The van der Waals surface area contributed by atoms with Crippen LogP contribution >= 0.6 is 0 Å². The highest BCUT2D eigenvalue weighted by atomic mass is 16.1. The lowest BCUT2D eigenvalue weighted by Gasteiger charge is -2.12. The zero-order valence-corrected chi connectivity index (χ0v) is 11.7. The molecule has 2 heterocycles. The number of pyridine rings is 2. The number of hydrogen-bond acceptors (Lipinski definition) is 3. The number of aromatic nitrogens is 2. The normalized spacial score (nSPS) is 13.2. The van der Waals surface area contributed by atoms with E-state index in [-0.39, 0.29) is 5.56 Å². The average Bonchev–Trinajstić information content (AvgIpc) is 2.91. The highest BCUT2D eigenvalue weighted by Crippen LogP contribution is 2.20. The average molecular weight is 269 g/mol. The molecule has 2 aromatic heterocycles. The molecule has 4 heteroatoms. The molecule has 1 aliphatic carbocycles. The summed E-state index contributed by atoms with van der Waals surface area (Å²) in [6, 6.07) is 9.56. The molecule has 3 rings (SSSR count). The monoisotopic (exact) mass is 269 g/mol. The van der Waals surface area contributed by atoms with Gasteiger partial charge in [-0.25, -0.2) is 4.98 Å². The van der Waals surface area contributed by atoms with Gasteiger partial charge in [0.05, 0.1) is 12.2 Å². The molecule has 0 spiro atoms. The van der Waals surface area contributed by atoms with E-state index < -0.39 is 0 Å². The molecule has 0 saturated heterocycles. The second-order valence-electron chi connectivity index (χ2n) is 5.13. The van der Waals surface area contributed by atoms with Crippen molar-refractivity contribution >= 4 is 5.82 Å². The minimum atomic E-state index is 0.0707. The lowest BCUT2D eigenvalue weighted by Crippen LogP contribution is -2.23. The minimum Gasteiger partial charge on any atom is -0.370 e. The molecule has 1 N–H and O–H groups in total. The maximum atomic E-state index is 12.1. The molecule has 0 aromatic carbocycles. The first-order chi connectivity index (χ1) is 9.78. The smallest absolute Gasteiger partial charge is 0.251 e. The summed E-state index contributed by atoms with van der Waals surface area (Å²) in [6.07, 6.45) is 3.22. The molecule has 0 atom stereocenters. The summed E-state index contributed by atoms with van der Waals surface area (Å²) >= 11 is 0. The summed E-state index contributed by atoms with van der Waals surface area (Å²) in [5.74, 6) is 0.866. The van der Waals surface area contributed by atoms with E-state index >= 15 is 0 Å². The quantitative estimate of drug-likeness (QED) is 0.925. The van der Waals surface area contributed by atoms with Crippen LogP contribution in [0.15, 0.2) is 35.1 Å². The van der Waals surface area contributed by atoms with Gasteiger partial charge in [-0.05, 0) is 43.9 Å². The molecule has 0 radical (unpaired) electrons. The fraction of sp³-hybridized carbons (Fsp3) is 0.375. The third-order valence-electron chi connectivity index (χ3n) is 3.73. The van der Waals surface area contributed by atoms with Crippen LogP contribution in [-0.2, 0) is 19.4 Å². The maximum Gasteiger partial charge on any atom is 0.251 e. The maximum absolute atomic E-state index is 12.1. The second-order valence-corrected chi connectivity index (χ2v) is 5.13. The SMILES string of the molecule is CCNc1cccc(Cn2c3c(ccc2=O)CCC3)n1. The van der Waals surface area contributed by atoms with Gasteiger partial charge in [0.15, 0.2) is 0 Å². The Morgan fingerprint density at radius 2 is 2.15 bits per heavy atom. The number of hydrogen-bond donors (Lipinski definition) is 1. The first kappa shape index (κ1) is 12.9. The van der Waals surface area contributed by atoms with E-state index in [1.807, 2.05) is 35.8 Å². The summed E-state index contributed by atoms with van der Waals surface area (Å²) in [4.78, 5) is 16.7. The molecular weight excluding hydrogens is 250 g/mol. The van der Waals surface area contributed by atoms with Gasteiger partial charge in [-0.3, -0.25) is 4.79 Å². The Kier molecular flexibility index (Phi) is 3.54. The molecule has 0 unspecified atom stereocenters. The summed E-state index contributed by atoms with van der Waals surface area (Å²) in [7, 11) is 0. The molecule has 0 bridgehead atoms. The molecular formula is C16H19N3O. The largest absolute Gasteiger partial charge is 0.370 e. The van der Waals surface area contributed by atoms with Crippen molar-refractivity contribution in [2.75, 3.05) is 11.9 Å². The number of anilines is 1. The Morgan fingerprint density at radius 1 is 1.25 bits per heavy atom. The molecule has 104 valence electrons. The van der Waals surface area contributed by atoms with Gasteiger partial charge in [-0.1, -0.05) is 12.1 Å². The van der Waals surface area contributed by atoms with E-state index in [0.29, 0.717) is 6.54 Å². The first-order valence-electron chi connectivity index (χ1n) is 7.19. The van der Waals surface area contributed by atoms with Crippen molar-refractivity contribution in [2.24, 2.45) is 0 Å². The van der Waals surface area contributed by atoms with Crippen LogP contribution in [0.1, 0.15) is 30.3 Å². The molecule has 4 nitrogen and oxygen atoms in total. The summed E-state index contributed by atoms with van der Waals surface area (Å²) in [5.41, 5.74) is 3.49. The van der Waals surface area contributed by atoms with Gasteiger partial charge in [-0.2, -0.15) is 0 Å². The standard InChI is InChI=1S/C16H19N3O/c1-2-17-15-8-4-6-13(18-15)11-19-14-7-3-5-12(14)9-10-16(19)20/h4,6,8-10H,2-3,5,7,11H2,1H3,(H,17,18). The zero-order chi connectivity index (χ0) is 13.9. The highest BCUT2D eigenvalue weighted by Gasteiger charge is 2.16. The third kappa shape index (κ3) is 2.46. The Balaban J connectivity index is 1.94. The molecule has 20 heavy (non-hydrogen) atoms. The van der Waals surface area contributed by atoms with Crippen molar-refractivity contribution < 1.29 is 0 Å². The van der Waals surface area contributed by atoms with Crippen molar-refractivity contribution in [1.29, 1.82) is 0 Å². The Morgan fingerprint density at radius 3 is 3.00 bits per heavy atom. The summed E-state index contributed by atoms with van der Waals surface area (Å²) in [5, 5.41) is 3.20. The van der Waals surface area contributed by atoms with Gasteiger partial charge in [0.25, 0.3) is 5.56 Å². The number of nitrogens with one attached hydrogen (secondary N) is 1. The van der Waals surface area contributed by atoms with Crippen LogP contribution in [0.2, 0.25) is 0 Å². The lowest BCUT2D eigenvalue weighted by molar-refractivity contribution is 0.694. The van der Waals surface area contributed by atoms with Gasteiger partial charge in [0, 0.05) is 18.3 Å². The van der Waals surface area contributed by atoms with Crippen molar-refractivity contribution in [2.45, 2.75) is 32.7 Å². The van der Waals surface area contributed by atoms with Crippen LogP contribution in [-0.4, -0.2) is 16.1 Å². The number of aryl methyl sites for hydroxylation is 1. The van der Waals surface area contributed by atoms with Crippen LogP contribution in [0.5, 0.6) is 0 Å². The predicted octanol–water partition coefficient (Wildman–Crippen LogP) is 2.21. The van der Waals surface area contributed by atoms with Gasteiger partial charge in [0.1, 0.15) is 5.82 Å². The van der Waals surface area contributed by atoms with E-state index in [9.17, 15) is 4.79 Å². The Labute approximate surface area is 118 Å². The van der Waals surface area contributed by atoms with Gasteiger partial charge < -0.3 is 9.88 Å². The van der Waals surface area contributed by atoms with Crippen molar-refractivity contribution in [1.82, 2.24) is 9.55 Å². The number of nitrogens with zero attached hydrogens (tertiary/aromatic N) is 2. The van der Waals surface area contributed by atoms with Crippen molar-refractivity contribution in [3.05, 3.63) is 57.6 Å². The van der Waals surface area contributed by atoms with E-state index in [0.717, 1.165) is 37.3 Å². The van der Waals surface area contributed by atoms with E-state index in [1.54, 1.807) is 6.07 Å². The molecule has 1 aliphatic rings. The van der Waals surface area contributed by atoms with Crippen LogP contribution in [0.3, 0.4) is 0 Å². The topological polar surface area (TPSA) is 46.9 Å². The molecule has 0 fully saturated rings. The fourth-order valence-corrected chi connectivity index (χ4v) is 2.82. The fourth-order valence-electron chi connectivity index (χ4n) is 2.82. The number of rotatable bonds is 4. The predicted molar refractivity (Wildman–Crippen MR) is 80.2 cm³/mol. The second kappa shape index (κ2) is 5.49. The first-order valence-corrected chi connectivity index (χ1v) is 7.19. The zero-order valence-electron chi connectivity index (χ0n) is 11.7. The van der Waals surface area contributed by atoms with E-state index in [1.165, 1.54) is 11.3 Å². The van der Waals surface area contributed by atoms with Crippen LogP contribution in [0.25, 0.3) is 0 Å².